The molecule has 0 radical (unpaired) electrons. The second-order valence-corrected chi connectivity index (χ2v) is 8.50. The smallest absolute Gasteiger partial charge is 0.221 e. The number of aromatic nitrogens is 2. The van der Waals surface area contributed by atoms with E-state index in [1.165, 1.54) is 29.7 Å². The van der Waals surface area contributed by atoms with Crippen LogP contribution in [0.4, 0.5) is 5.82 Å². The molecule has 0 spiro atoms. The number of hydrogen-bond donors (Lipinski definition) is 1. The van der Waals surface area contributed by atoms with Gasteiger partial charge in [0.1, 0.15) is 17.0 Å². The van der Waals surface area contributed by atoms with Gasteiger partial charge in [0, 0.05) is 30.9 Å². The lowest BCUT2D eigenvalue weighted by atomic mass is 9.95. The molecule has 1 aliphatic rings. The summed E-state index contributed by atoms with van der Waals surface area (Å²) in [7, 11) is 2.00. The van der Waals surface area contributed by atoms with Crippen LogP contribution in [-0.4, -0.2) is 35.5 Å². The van der Waals surface area contributed by atoms with E-state index in [1.54, 1.807) is 17.7 Å². The fourth-order valence-corrected chi connectivity index (χ4v) is 4.81. The first-order chi connectivity index (χ1) is 13.7. The maximum atomic E-state index is 12.3. The van der Waals surface area contributed by atoms with Gasteiger partial charge in [-0.3, -0.25) is 4.79 Å². The molecular weight excluding hydrogens is 368 g/mol. The number of anilines is 1. The highest BCUT2D eigenvalue weighted by Crippen LogP contribution is 2.35. The van der Waals surface area contributed by atoms with Gasteiger partial charge in [-0.1, -0.05) is 49.6 Å². The monoisotopic (exact) mass is 394 g/mol. The molecule has 1 N–H and O–H groups in total. The third kappa shape index (κ3) is 4.33. The molecule has 0 bridgehead atoms. The van der Waals surface area contributed by atoms with Gasteiger partial charge in [0.25, 0.3) is 0 Å². The standard InChI is InChI=1S/C22H26N4OS/c1-26(13-12-20(27)25-17-10-6-3-7-11-17)21-18-14-19(16-8-4-2-5-9-16)28-22(18)24-15-23-21/h2,4-5,8-9,14-15,17H,3,6-7,10-13H2,1H3,(H,25,27). The molecule has 146 valence electrons. The average Bonchev–Trinajstić information content (AvgIpc) is 3.18. The summed E-state index contributed by atoms with van der Waals surface area (Å²) in [5.74, 6) is 1.02. The second-order valence-electron chi connectivity index (χ2n) is 7.47. The van der Waals surface area contributed by atoms with Crippen LogP contribution in [0.25, 0.3) is 20.7 Å². The van der Waals surface area contributed by atoms with Crippen LogP contribution >= 0.6 is 11.3 Å². The third-order valence-electron chi connectivity index (χ3n) is 5.37. The Hall–Kier alpha value is -2.47. The Labute approximate surface area is 169 Å². The van der Waals surface area contributed by atoms with Crippen molar-refractivity contribution in [1.82, 2.24) is 15.3 Å². The molecular formula is C22H26N4OS. The summed E-state index contributed by atoms with van der Waals surface area (Å²) in [5, 5.41) is 4.24. The first-order valence-electron chi connectivity index (χ1n) is 10.0. The molecule has 5 nitrogen and oxygen atoms in total. The summed E-state index contributed by atoms with van der Waals surface area (Å²) in [5.41, 5.74) is 1.19. The fourth-order valence-electron chi connectivity index (χ4n) is 3.81. The summed E-state index contributed by atoms with van der Waals surface area (Å²) in [6, 6.07) is 12.8. The van der Waals surface area contributed by atoms with E-state index in [-0.39, 0.29) is 5.91 Å². The molecule has 4 rings (SSSR count). The van der Waals surface area contributed by atoms with E-state index in [0.717, 1.165) is 28.9 Å². The van der Waals surface area contributed by atoms with Crippen LogP contribution in [0.5, 0.6) is 0 Å². The maximum absolute atomic E-state index is 12.3. The molecule has 6 heteroatoms. The molecule has 0 aliphatic heterocycles. The van der Waals surface area contributed by atoms with E-state index in [2.05, 4.69) is 38.4 Å². The molecule has 2 heterocycles. The van der Waals surface area contributed by atoms with Crippen molar-refractivity contribution in [2.45, 2.75) is 44.6 Å². The van der Waals surface area contributed by atoms with E-state index >= 15 is 0 Å². The van der Waals surface area contributed by atoms with Crippen LogP contribution in [0, 0.1) is 0 Å². The number of nitrogens with one attached hydrogen (secondary N) is 1. The summed E-state index contributed by atoms with van der Waals surface area (Å²) in [4.78, 5) is 25.5. The molecule has 3 aromatic rings. The highest BCUT2D eigenvalue weighted by Gasteiger charge is 2.17. The molecule has 1 fully saturated rings. The average molecular weight is 395 g/mol. The van der Waals surface area contributed by atoms with Crippen molar-refractivity contribution in [3.05, 3.63) is 42.7 Å². The van der Waals surface area contributed by atoms with Crippen molar-refractivity contribution in [2.24, 2.45) is 0 Å². The molecule has 28 heavy (non-hydrogen) atoms. The van der Waals surface area contributed by atoms with Crippen LogP contribution < -0.4 is 10.2 Å². The molecule has 1 saturated carbocycles. The predicted molar refractivity (Wildman–Crippen MR) is 116 cm³/mol. The maximum Gasteiger partial charge on any atom is 0.221 e. The van der Waals surface area contributed by atoms with Gasteiger partial charge >= 0.3 is 0 Å². The van der Waals surface area contributed by atoms with Crippen LogP contribution in [0.2, 0.25) is 0 Å². The Morgan fingerprint density at radius 1 is 1.18 bits per heavy atom. The second kappa shape index (κ2) is 8.69. The minimum Gasteiger partial charge on any atom is -0.359 e. The SMILES string of the molecule is CN(CCC(=O)NC1CCCCC1)c1ncnc2sc(-c3ccccc3)cc12. The Kier molecular flexibility index (Phi) is 5.86. The highest BCUT2D eigenvalue weighted by molar-refractivity contribution is 7.21. The molecule has 1 aliphatic carbocycles. The summed E-state index contributed by atoms with van der Waals surface area (Å²) in [6.45, 7) is 0.640. The quantitative estimate of drug-likeness (QED) is 0.662. The van der Waals surface area contributed by atoms with Gasteiger partial charge in [0.15, 0.2) is 0 Å². The number of thiophene rings is 1. The normalized spacial score (nSPS) is 14.9. The van der Waals surface area contributed by atoms with Crippen LogP contribution in [0.3, 0.4) is 0 Å². The highest BCUT2D eigenvalue weighted by atomic mass is 32.1. The van der Waals surface area contributed by atoms with E-state index in [9.17, 15) is 4.79 Å². The Bertz CT molecular complexity index is 934. The fraction of sp³-hybridized carbons (Fsp3) is 0.409. The summed E-state index contributed by atoms with van der Waals surface area (Å²) >= 11 is 1.67. The lowest BCUT2D eigenvalue weighted by Crippen LogP contribution is -2.37. The number of hydrogen-bond acceptors (Lipinski definition) is 5. The zero-order valence-electron chi connectivity index (χ0n) is 16.2. The lowest BCUT2D eigenvalue weighted by Gasteiger charge is -2.24. The largest absolute Gasteiger partial charge is 0.359 e. The van der Waals surface area contributed by atoms with E-state index in [0.29, 0.717) is 19.0 Å². The predicted octanol–water partition coefficient (Wildman–Crippen LogP) is 4.63. The molecule has 2 aromatic heterocycles. The van der Waals surface area contributed by atoms with Crippen molar-refractivity contribution in [3.8, 4) is 10.4 Å². The molecule has 0 saturated heterocycles. The number of benzene rings is 1. The first-order valence-corrected chi connectivity index (χ1v) is 10.8. The Morgan fingerprint density at radius 2 is 1.96 bits per heavy atom. The summed E-state index contributed by atoms with van der Waals surface area (Å²) in [6.07, 6.45) is 8.08. The number of carbonyl (C=O) groups is 1. The number of rotatable bonds is 6. The zero-order chi connectivity index (χ0) is 19.3. The van der Waals surface area contributed by atoms with Crippen molar-refractivity contribution < 1.29 is 4.79 Å². The van der Waals surface area contributed by atoms with Gasteiger partial charge < -0.3 is 10.2 Å². The minimum absolute atomic E-state index is 0.138. The van der Waals surface area contributed by atoms with E-state index in [4.69, 9.17) is 0 Å². The van der Waals surface area contributed by atoms with Crippen LogP contribution in [-0.2, 0) is 4.79 Å². The third-order valence-corrected chi connectivity index (χ3v) is 6.46. The Morgan fingerprint density at radius 3 is 2.75 bits per heavy atom. The number of carbonyl (C=O) groups excluding carboxylic acids is 1. The topological polar surface area (TPSA) is 58.1 Å². The van der Waals surface area contributed by atoms with Gasteiger partial charge in [-0.25, -0.2) is 9.97 Å². The minimum atomic E-state index is 0.138. The summed E-state index contributed by atoms with van der Waals surface area (Å²) < 4.78 is 0. The molecule has 1 aromatic carbocycles. The first kappa shape index (κ1) is 18.9. The van der Waals surface area contributed by atoms with Crippen LogP contribution in [0.1, 0.15) is 38.5 Å². The number of nitrogens with zero attached hydrogens (tertiary/aromatic N) is 3. The number of amides is 1. The molecule has 1 amide bonds. The van der Waals surface area contributed by atoms with E-state index < -0.39 is 0 Å². The lowest BCUT2D eigenvalue weighted by molar-refractivity contribution is -0.121. The van der Waals surface area contributed by atoms with Gasteiger partial charge in [0.05, 0.1) is 5.39 Å². The van der Waals surface area contributed by atoms with Crippen molar-refractivity contribution in [2.75, 3.05) is 18.5 Å². The molecule has 0 atom stereocenters. The van der Waals surface area contributed by atoms with Crippen molar-refractivity contribution in [1.29, 1.82) is 0 Å². The van der Waals surface area contributed by atoms with Gasteiger partial charge in [-0.15, -0.1) is 11.3 Å². The zero-order valence-corrected chi connectivity index (χ0v) is 17.0. The number of fused-ring (bicyclic) bond motifs is 1. The molecule has 0 unspecified atom stereocenters. The van der Waals surface area contributed by atoms with E-state index in [1.807, 2.05) is 25.2 Å². The van der Waals surface area contributed by atoms with Crippen molar-refractivity contribution in [3.63, 3.8) is 0 Å². The van der Waals surface area contributed by atoms with Crippen molar-refractivity contribution >= 4 is 33.3 Å². The van der Waals surface area contributed by atoms with Gasteiger partial charge in [-0.2, -0.15) is 0 Å². The van der Waals surface area contributed by atoms with Crippen LogP contribution in [0.15, 0.2) is 42.7 Å². The van der Waals surface area contributed by atoms with Gasteiger partial charge in [-0.05, 0) is 24.5 Å². The Balaban J connectivity index is 1.44. The van der Waals surface area contributed by atoms with Gasteiger partial charge in [0.2, 0.25) is 5.91 Å².